The molecule has 0 rings (SSSR count). The average Bonchev–Trinajstić information content (AvgIpc) is 2.72. The number of phosphoric ester groups is 2. The fourth-order valence-corrected chi connectivity index (χ4v) is 7.08. The second-order valence-corrected chi connectivity index (χ2v) is 10.4. The van der Waals surface area contributed by atoms with E-state index >= 15 is 0 Å². The lowest BCUT2D eigenvalue weighted by molar-refractivity contribution is 0.0358. The van der Waals surface area contributed by atoms with Gasteiger partial charge in [0.25, 0.3) is 0 Å². The van der Waals surface area contributed by atoms with Gasteiger partial charge in [0.1, 0.15) is 0 Å². The first-order valence-corrected chi connectivity index (χ1v) is 14.2. The smallest absolute Gasteiger partial charge is 0.283 e. The first-order valence-electron chi connectivity index (χ1n) is 11.3. The summed E-state index contributed by atoms with van der Waals surface area (Å²) in [6, 6.07) is 0. The lowest BCUT2D eigenvalue weighted by atomic mass is 10.2. The highest BCUT2D eigenvalue weighted by Gasteiger charge is 2.45. The van der Waals surface area contributed by atoms with Crippen LogP contribution in [0.4, 0.5) is 0 Å². The highest BCUT2D eigenvalue weighted by Crippen LogP contribution is 2.68. The van der Waals surface area contributed by atoms with Gasteiger partial charge in [-0.05, 0) is 51.4 Å². The van der Waals surface area contributed by atoms with E-state index < -0.39 is 15.6 Å². The highest BCUT2D eigenvalue weighted by molar-refractivity contribution is 7.62. The van der Waals surface area contributed by atoms with Gasteiger partial charge in [-0.25, -0.2) is 9.13 Å². The quantitative estimate of drug-likeness (QED) is 0.192. The van der Waals surface area contributed by atoms with Crippen molar-refractivity contribution in [3.63, 3.8) is 0 Å². The van der Waals surface area contributed by atoms with Crippen LogP contribution in [-0.2, 0) is 31.5 Å². The maximum Gasteiger partial charge on any atom is 0.484 e. The molecule has 7 nitrogen and oxygen atoms in total. The summed E-state index contributed by atoms with van der Waals surface area (Å²) in [7, 11) is -8.37. The summed E-state index contributed by atoms with van der Waals surface area (Å²) in [5, 5.41) is 0. The predicted octanol–water partition coefficient (Wildman–Crippen LogP) is 8.04. The number of hydrogen-bond acceptors (Lipinski definition) is 7. The van der Waals surface area contributed by atoms with Gasteiger partial charge >= 0.3 is 15.6 Å². The lowest BCUT2D eigenvalue weighted by Crippen LogP contribution is -2.19. The molecule has 0 unspecified atom stereocenters. The first-order chi connectivity index (χ1) is 13.7. The summed E-state index contributed by atoms with van der Waals surface area (Å²) in [6.07, 6.45) is 3.64. The summed E-state index contributed by atoms with van der Waals surface area (Å²) < 4.78 is 55.8. The van der Waals surface area contributed by atoms with Crippen LogP contribution >= 0.6 is 15.6 Å². The van der Waals surface area contributed by atoms with Gasteiger partial charge in [0.2, 0.25) is 0 Å². The lowest BCUT2D eigenvalue weighted by Gasteiger charge is -2.30. The van der Waals surface area contributed by atoms with Crippen molar-refractivity contribution in [2.24, 2.45) is 0 Å². The Morgan fingerprint density at radius 1 is 0.448 bits per heavy atom. The van der Waals surface area contributed by atoms with Gasteiger partial charge in [-0.3, -0.25) is 18.1 Å². The van der Waals surface area contributed by atoms with E-state index in [0.29, 0.717) is 51.4 Å². The van der Waals surface area contributed by atoms with E-state index in [1.54, 1.807) is 0 Å². The molecule has 9 heteroatoms. The Bertz CT molecular complexity index is 419. The summed E-state index contributed by atoms with van der Waals surface area (Å²) in [6.45, 7) is 15.4. The molecule has 0 aromatic rings. The molecular weight excluding hydrogens is 414 g/mol. The van der Waals surface area contributed by atoms with Gasteiger partial charge in [0, 0.05) is 0 Å². The fraction of sp³-hybridized carbons (Fsp3) is 1.00. The van der Waals surface area contributed by atoms with Crippen LogP contribution in [0.1, 0.15) is 107 Å². The molecule has 0 aliphatic heterocycles. The molecule has 0 aromatic carbocycles. The topological polar surface area (TPSA) is 80.3 Å². The van der Waals surface area contributed by atoms with E-state index in [4.69, 9.17) is 22.4 Å². The number of phosphoric acid groups is 2. The molecule has 29 heavy (non-hydrogen) atoms. The zero-order valence-corrected chi connectivity index (χ0v) is 21.5. The van der Waals surface area contributed by atoms with Gasteiger partial charge in [0.15, 0.2) is 0 Å². The van der Waals surface area contributed by atoms with Crippen molar-refractivity contribution in [1.82, 2.24) is 0 Å². The van der Waals surface area contributed by atoms with Crippen molar-refractivity contribution in [2.75, 3.05) is 0 Å². The minimum absolute atomic E-state index is 0.343. The summed E-state index contributed by atoms with van der Waals surface area (Å²) in [5.41, 5.74) is 0. The van der Waals surface area contributed by atoms with Crippen LogP contribution in [-0.4, -0.2) is 24.4 Å². The average molecular weight is 459 g/mol. The monoisotopic (exact) mass is 458 g/mol. The Morgan fingerprint density at radius 3 is 0.759 bits per heavy atom. The van der Waals surface area contributed by atoms with Crippen LogP contribution in [0.5, 0.6) is 0 Å². The molecule has 176 valence electrons. The molecule has 0 saturated carbocycles. The van der Waals surface area contributed by atoms with E-state index in [1.165, 1.54) is 0 Å². The second kappa shape index (κ2) is 15.1. The van der Waals surface area contributed by atoms with Crippen molar-refractivity contribution < 1.29 is 31.5 Å². The molecule has 0 aromatic heterocycles. The van der Waals surface area contributed by atoms with E-state index in [9.17, 15) is 9.13 Å². The van der Waals surface area contributed by atoms with Gasteiger partial charge in [-0.2, -0.15) is 4.31 Å². The van der Waals surface area contributed by atoms with E-state index in [2.05, 4.69) is 0 Å². The molecule has 0 aliphatic carbocycles. The third kappa shape index (κ3) is 10.9. The molecule has 0 heterocycles. The van der Waals surface area contributed by atoms with Gasteiger partial charge in [-0.1, -0.05) is 55.4 Å². The second-order valence-electron chi connectivity index (χ2n) is 7.15. The maximum absolute atomic E-state index is 13.6. The molecule has 0 spiro atoms. The van der Waals surface area contributed by atoms with Crippen molar-refractivity contribution in [3.05, 3.63) is 0 Å². The number of hydrogen-bond donors (Lipinski definition) is 0. The van der Waals surface area contributed by atoms with E-state index in [1.807, 2.05) is 55.4 Å². The third-order valence-corrected chi connectivity index (χ3v) is 8.78. The van der Waals surface area contributed by atoms with E-state index in [-0.39, 0.29) is 24.4 Å². The fourth-order valence-electron chi connectivity index (χ4n) is 2.73. The molecule has 0 bridgehead atoms. The standard InChI is InChI=1S/C20H44O7P2/c1-9-17(10-2)23-28(21,24-18(11-3)12-4)27-29(22,25-19(13-5)14-6)26-20(15-7)16-8/h17-20H,9-16H2,1-8H3. The van der Waals surface area contributed by atoms with Crippen LogP contribution in [0.3, 0.4) is 0 Å². The Labute approximate surface area is 178 Å². The minimum atomic E-state index is -4.19. The summed E-state index contributed by atoms with van der Waals surface area (Å²) in [4.78, 5) is 0. The largest absolute Gasteiger partial charge is 0.484 e. The van der Waals surface area contributed by atoms with Crippen molar-refractivity contribution >= 4 is 15.6 Å². The Kier molecular flexibility index (Phi) is 15.3. The predicted molar refractivity (Wildman–Crippen MR) is 118 cm³/mol. The Balaban J connectivity index is 5.90. The zero-order valence-electron chi connectivity index (χ0n) is 19.7. The van der Waals surface area contributed by atoms with Crippen LogP contribution < -0.4 is 0 Å². The summed E-state index contributed by atoms with van der Waals surface area (Å²) in [5.74, 6) is 0. The Morgan fingerprint density at radius 2 is 0.621 bits per heavy atom. The molecule has 0 fully saturated rings. The van der Waals surface area contributed by atoms with E-state index in [0.717, 1.165) is 0 Å². The third-order valence-electron chi connectivity index (χ3n) is 4.96. The van der Waals surface area contributed by atoms with Gasteiger partial charge in [-0.15, -0.1) is 0 Å². The normalized spacial score (nSPS) is 13.4. The maximum atomic E-state index is 13.6. The van der Waals surface area contributed by atoms with Gasteiger partial charge in [0.05, 0.1) is 24.4 Å². The van der Waals surface area contributed by atoms with Crippen molar-refractivity contribution in [1.29, 1.82) is 0 Å². The molecule has 0 saturated heterocycles. The number of rotatable bonds is 18. The summed E-state index contributed by atoms with van der Waals surface area (Å²) >= 11 is 0. The van der Waals surface area contributed by atoms with Crippen LogP contribution in [0.2, 0.25) is 0 Å². The van der Waals surface area contributed by atoms with Gasteiger partial charge < -0.3 is 0 Å². The highest BCUT2D eigenvalue weighted by atomic mass is 31.3. The molecule has 0 aliphatic rings. The van der Waals surface area contributed by atoms with Crippen LogP contribution in [0.15, 0.2) is 0 Å². The zero-order chi connectivity index (χ0) is 22.5. The Hall–Kier alpha value is 0.260. The molecule has 0 radical (unpaired) electrons. The van der Waals surface area contributed by atoms with Crippen LogP contribution in [0.25, 0.3) is 0 Å². The molecule has 0 N–H and O–H groups in total. The van der Waals surface area contributed by atoms with Crippen molar-refractivity contribution in [2.45, 2.75) is 131 Å². The van der Waals surface area contributed by atoms with Crippen molar-refractivity contribution in [3.8, 4) is 0 Å². The minimum Gasteiger partial charge on any atom is -0.283 e. The molecule has 0 atom stereocenters. The molecular formula is C20H44O7P2. The first kappa shape index (κ1) is 29.3. The molecule has 0 amide bonds. The van der Waals surface area contributed by atoms with Crippen LogP contribution in [0, 0.1) is 0 Å². The SMILES string of the molecule is CCC(CC)OP(=O)(OC(CC)CC)OP(=O)(OC(CC)CC)OC(CC)CC.